The average molecular weight is 365 g/mol. The number of nitrogens with zero attached hydrogens (tertiary/aromatic N) is 4. The molecule has 0 bridgehead atoms. The third-order valence-electron chi connectivity index (χ3n) is 3.05. The van der Waals surface area contributed by atoms with Gasteiger partial charge in [0.2, 0.25) is 10.0 Å². The van der Waals surface area contributed by atoms with Gasteiger partial charge in [0.1, 0.15) is 4.66 Å². The van der Waals surface area contributed by atoms with E-state index in [0.717, 1.165) is 5.69 Å². The van der Waals surface area contributed by atoms with Gasteiger partial charge in [-0.25, -0.2) is 8.42 Å². The number of pyridine rings is 1. The zero-order valence-electron chi connectivity index (χ0n) is 10.5. The van der Waals surface area contributed by atoms with Crippen molar-refractivity contribution in [2.45, 2.75) is 0 Å². The highest BCUT2D eigenvalue weighted by atomic mass is 79.9. The van der Waals surface area contributed by atoms with Crippen LogP contribution in [0.25, 0.3) is 0 Å². The third-order valence-corrected chi connectivity index (χ3v) is 6.22. The second-order valence-electron chi connectivity index (χ2n) is 4.24. The number of nitro groups is 1. The summed E-state index contributed by atoms with van der Waals surface area (Å²) in [5.74, 6) is -0.200. The van der Waals surface area contributed by atoms with Crippen LogP contribution in [-0.4, -0.2) is 53.5 Å². The number of sulfonamides is 1. The van der Waals surface area contributed by atoms with Gasteiger partial charge in [-0.2, -0.15) is 4.31 Å². The Balaban J connectivity index is 2.02. The standard InChI is InChI=1S/C10H13BrN4O4S/c11-8-20(18,19)14-5-3-13(4-6-14)9-1-2-10(12-7-9)15(16)17/h1-2,7H,3-6,8H2. The smallest absolute Gasteiger partial charge is 0.363 e. The summed E-state index contributed by atoms with van der Waals surface area (Å²) in [7, 11) is -3.23. The Labute approximate surface area is 124 Å². The summed E-state index contributed by atoms with van der Waals surface area (Å²) < 4.78 is 24.7. The highest BCUT2D eigenvalue weighted by molar-refractivity contribution is 9.10. The van der Waals surface area contributed by atoms with Crippen LogP contribution in [-0.2, 0) is 10.0 Å². The Morgan fingerprint density at radius 3 is 2.40 bits per heavy atom. The number of hydrogen-bond donors (Lipinski definition) is 0. The van der Waals surface area contributed by atoms with E-state index in [-0.39, 0.29) is 10.5 Å². The maximum absolute atomic E-state index is 11.7. The summed E-state index contributed by atoms with van der Waals surface area (Å²) in [5, 5.41) is 10.5. The Kier molecular flexibility index (Phi) is 4.55. The maximum atomic E-state index is 11.7. The predicted octanol–water partition coefficient (Wildman–Crippen LogP) is 0.794. The minimum atomic E-state index is -3.23. The molecule has 0 amide bonds. The number of aromatic nitrogens is 1. The van der Waals surface area contributed by atoms with Gasteiger partial charge >= 0.3 is 5.82 Å². The summed E-state index contributed by atoms with van der Waals surface area (Å²) in [6.45, 7) is 1.85. The van der Waals surface area contributed by atoms with Crippen molar-refractivity contribution in [2.75, 3.05) is 35.7 Å². The molecular formula is C10H13BrN4O4S. The third kappa shape index (κ3) is 3.25. The monoisotopic (exact) mass is 364 g/mol. The topological polar surface area (TPSA) is 96.6 Å². The SMILES string of the molecule is O=[N+]([O-])c1ccc(N2CCN(S(=O)(=O)CBr)CC2)cn1. The Morgan fingerprint density at radius 2 is 1.95 bits per heavy atom. The van der Waals surface area contributed by atoms with Crippen molar-refractivity contribution in [3.63, 3.8) is 0 Å². The second-order valence-corrected chi connectivity index (χ2v) is 7.51. The van der Waals surface area contributed by atoms with Crippen LogP contribution in [0.3, 0.4) is 0 Å². The number of anilines is 1. The molecule has 0 N–H and O–H groups in total. The quantitative estimate of drug-likeness (QED) is 0.445. The lowest BCUT2D eigenvalue weighted by Crippen LogP contribution is -2.48. The van der Waals surface area contributed by atoms with E-state index in [0.29, 0.717) is 26.2 Å². The van der Waals surface area contributed by atoms with E-state index in [4.69, 9.17) is 0 Å². The normalized spacial score (nSPS) is 17.1. The van der Waals surface area contributed by atoms with E-state index in [1.54, 1.807) is 6.07 Å². The molecule has 0 saturated carbocycles. The molecule has 0 radical (unpaired) electrons. The lowest BCUT2D eigenvalue weighted by Gasteiger charge is -2.34. The van der Waals surface area contributed by atoms with E-state index in [2.05, 4.69) is 20.9 Å². The van der Waals surface area contributed by atoms with Gasteiger partial charge < -0.3 is 15.0 Å². The first-order chi connectivity index (χ1) is 9.44. The molecule has 0 spiro atoms. The molecule has 2 heterocycles. The molecule has 1 aliphatic rings. The summed E-state index contributed by atoms with van der Waals surface area (Å²) >= 11 is 2.97. The molecule has 1 aromatic heterocycles. The van der Waals surface area contributed by atoms with E-state index in [9.17, 15) is 18.5 Å². The van der Waals surface area contributed by atoms with Crippen LogP contribution in [0.5, 0.6) is 0 Å². The molecule has 20 heavy (non-hydrogen) atoms. The zero-order valence-corrected chi connectivity index (χ0v) is 12.9. The Morgan fingerprint density at radius 1 is 1.30 bits per heavy atom. The summed E-state index contributed by atoms with van der Waals surface area (Å²) in [5.41, 5.74) is 0.756. The Hall–Kier alpha value is -1.26. The van der Waals surface area contributed by atoms with Gasteiger partial charge in [0.15, 0.2) is 6.20 Å². The molecule has 10 heteroatoms. The second kappa shape index (κ2) is 6.02. The molecule has 1 saturated heterocycles. The highest BCUT2D eigenvalue weighted by Crippen LogP contribution is 2.19. The van der Waals surface area contributed by atoms with E-state index in [1.807, 2.05) is 4.90 Å². The van der Waals surface area contributed by atoms with Crippen LogP contribution in [0, 0.1) is 10.1 Å². The predicted molar refractivity (Wildman–Crippen MR) is 77.4 cm³/mol. The molecule has 0 atom stereocenters. The van der Waals surface area contributed by atoms with Gasteiger partial charge in [-0.05, 0) is 16.0 Å². The van der Waals surface area contributed by atoms with E-state index < -0.39 is 14.9 Å². The fraction of sp³-hybridized carbons (Fsp3) is 0.500. The molecule has 110 valence electrons. The molecule has 0 aliphatic carbocycles. The number of hydrogen-bond acceptors (Lipinski definition) is 6. The minimum Gasteiger partial charge on any atom is -0.366 e. The van der Waals surface area contributed by atoms with Crippen molar-refractivity contribution in [1.82, 2.24) is 9.29 Å². The number of piperazine rings is 1. The van der Waals surface area contributed by atoms with E-state index in [1.165, 1.54) is 16.6 Å². The van der Waals surface area contributed by atoms with Crippen molar-refractivity contribution >= 4 is 37.5 Å². The van der Waals surface area contributed by atoms with Crippen molar-refractivity contribution in [2.24, 2.45) is 0 Å². The molecule has 2 rings (SSSR count). The molecule has 1 aliphatic heterocycles. The highest BCUT2D eigenvalue weighted by Gasteiger charge is 2.26. The molecule has 1 aromatic rings. The molecule has 1 fully saturated rings. The average Bonchev–Trinajstić information content (AvgIpc) is 2.47. The summed E-state index contributed by atoms with van der Waals surface area (Å²) in [6.07, 6.45) is 1.44. The van der Waals surface area contributed by atoms with Crippen LogP contribution < -0.4 is 4.90 Å². The van der Waals surface area contributed by atoms with Gasteiger partial charge in [-0.3, -0.25) is 0 Å². The maximum Gasteiger partial charge on any atom is 0.363 e. The van der Waals surface area contributed by atoms with Crippen LogP contribution >= 0.6 is 15.9 Å². The van der Waals surface area contributed by atoms with Crippen LogP contribution in [0.2, 0.25) is 0 Å². The van der Waals surface area contributed by atoms with Gasteiger partial charge in [0, 0.05) is 32.2 Å². The van der Waals surface area contributed by atoms with Crippen LogP contribution in [0.15, 0.2) is 18.3 Å². The molecular weight excluding hydrogens is 352 g/mol. The fourth-order valence-electron chi connectivity index (χ4n) is 1.97. The van der Waals surface area contributed by atoms with Crippen LogP contribution in [0.1, 0.15) is 0 Å². The first kappa shape index (κ1) is 15.1. The lowest BCUT2D eigenvalue weighted by molar-refractivity contribution is -0.389. The number of alkyl halides is 1. The lowest BCUT2D eigenvalue weighted by atomic mass is 10.3. The van der Waals surface area contributed by atoms with Crippen molar-refractivity contribution in [3.05, 3.63) is 28.4 Å². The van der Waals surface area contributed by atoms with Crippen molar-refractivity contribution in [3.8, 4) is 0 Å². The summed E-state index contributed by atoms with van der Waals surface area (Å²) in [6, 6.07) is 2.97. The number of halogens is 1. The van der Waals surface area contributed by atoms with Gasteiger partial charge in [-0.15, -0.1) is 0 Å². The molecule has 0 aromatic carbocycles. The number of rotatable bonds is 4. The van der Waals surface area contributed by atoms with Gasteiger partial charge in [-0.1, -0.05) is 15.9 Å². The first-order valence-electron chi connectivity index (χ1n) is 5.83. The summed E-state index contributed by atoms with van der Waals surface area (Å²) in [4.78, 5) is 15.7. The first-order valence-corrected chi connectivity index (χ1v) is 8.56. The van der Waals surface area contributed by atoms with Crippen molar-refractivity contribution < 1.29 is 13.3 Å². The Bertz CT molecular complexity index is 584. The van der Waals surface area contributed by atoms with Crippen molar-refractivity contribution in [1.29, 1.82) is 0 Å². The minimum absolute atomic E-state index is 0.0842. The van der Waals surface area contributed by atoms with E-state index >= 15 is 0 Å². The zero-order chi connectivity index (χ0) is 14.8. The molecule has 8 nitrogen and oxygen atoms in total. The largest absolute Gasteiger partial charge is 0.366 e. The fourth-order valence-corrected chi connectivity index (χ4v) is 3.69. The van der Waals surface area contributed by atoms with Gasteiger partial charge in [0.25, 0.3) is 0 Å². The molecule has 0 unspecified atom stereocenters. The van der Waals surface area contributed by atoms with Gasteiger partial charge in [0.05, 0.1) is 5.69 Å². The van der Waals surface area contributed by atoms with Crippen LogP contribution in [0.4, 0.5) is 11.5 Å².